The lowest BCUT2D eigenvalue weighted by Gasteiger charge is -2.12. The number of carbonyl (C=O) groups excluding carboxylic acids is 1. The van der Waals surface area contributed by atoms with Crippen LogP contribution in [-0.4, -0.2) is 12.3 Å². The summed E-state index contributed by atoms with van der Waals surface area (Å²) >= 11 is 0. The van der Waals surface area contributed by atoms with Crippen molar-refractivity contribution in [1.29, 1.82) is 0 Å². The Labute approximate surface area is 146 Å². The monoisotopic (exact) mass is 337 g/mol. The molecule has 0 aliphatic rings. The number of benzene rings is 2. The number of carbonyl (C=O) groups is 1. The van der Waals surface area contributed by atoms with Gasteiger partial charge in [-0.05, 0) is 47.2 Å². The first kappa shape index (κ1) is 17.1. The molecule has 3 aromatic rings. The molecule has 0 radical (unpaired) electrons. The fourth-order valence-electron chi connectivity index (χ4n) is 2.93. The Hall–Kier alpha value is -2.72. The number of halogens is 1. The van der Waals surface area contributed by atoms with Crippen LogP contribution in [0, 0.1) is 5.82 Å². The normalized spacial score (nSPS) is 12.1. The second-order valence-electron chi connectivity index (χ2n) is 6.14. The maximum atomic E-state index is 13.0. The van der Waals surface area contributed by atoms with Gasteiger partial charge in [0.1, 0.15) is 5.82 Å². The van der Waals surface area contributed by atoms with Crippen LogP contribution < -0.4 is 5.73 Å². The van der Waals surface area contributed by atoms with Gasteiger partial charge in [0.15, 0.2) is 5.76 Å². The Bertz CT molecular complexity index is 850. The van der Waals surface area contributed by atoms with Crippen molar-refractivity contribution in [2.24, 2.45) is 5.73 Å². The zero-order valence-electron chi connectivity index (χ0n) is 14.0. The zero-order chi connectivity index (χ0) is 17.8. The minimum atomic E-state index is -0.219. The number of ketones is 1. The third kappa shape index (κ3) is 3.86. The number of nitrogens with two attached hydrogens (primary N) is 1. The fraction of sp³-hybridized carbons (Fsp3) is 0.190. The largest absolute Gasteiger partial charge is 0.461 e. The Morgan fingerprint density at radius 1 is 1.08 bits per heavy atom. The minimum absolute atomic E-state index is 0.0756. The average molecular weight is 337 g/mol. The standard InChI is InChI=1S/C21H20FNO2/c1-14(16-6-8-18(22)9-7-16)12-15-2-4-17(5-3-15)19-10-11-25-21(19)20(24)13-23/h2-11,14H,12-13,23H2,1H3/t14-/m1/s1. The Morgan fingerprint density at radius 2 is 1.76 bits per heavy atom. The molecule has 0 unspecified atom stereocenters. The van der Waals surface area contributed by atoms with Crippen LogP contribution in [-0.2, 0) is 6.42 Å². The van der Waals surface area contributed by atoms with Crippen molar-refractivity contribution in [3.05, 3.63) is 83.6 Å². The van der Waals surface area contributed by atoms with Crippen LogP contribution in [0.5, 0.6) is 0 Å². The van der Waals surface area contributed by atoms with Gasteiger partial charge >= 0.3 is 0 Å². The van der Waals surface area contributed by atoms with Gasteiger partial charge in [0.2, 0.25) is 5.78 Å². The van der Waals surface area contributed by atoms with E-state index < -0.39 is 0 Å². The molecule has 2 N–H and O–H groups in total. The fourth-order valence-corrected chi connectivity index (χ4v) is 2.93. The minimum Gasteiger partial charge on any atom is -0.461 e. The van der Waals surface area contributed by atoms with Crippen molar-refractivity contribution >= 4 is 5.78 Å². The topological polar surface area (TPSA) is 56.2 Å². The van der Waals surface area contributed by atoms with E-state index in [2.05, 4.69) is 6.92 Å². The van der Waals surface area contributed by atoms with Crippen LogP contribution in [0.15, 0.2) is 65.3 Å². The molecule has 0 aliphatic carbocycles. The van der Waals surface area contributed by atoms with Crippen molar-refractivity contribution in [2.45, 2.75) is 19.3 Å². The second-order valence-corrected chi connectivity index (χ2v) is 6.14. The van der Waals surface area contributed by atoms with E-state index in [1.54, 1.807) is 6.07 Å². The third-order valence-corrected chi connectivity index (χ3v) is 4.35. The van der Waals surface area contributed by atoms with E-state index in [-0.39, 0.29) is 24.1 Å². The second kappa shape index (κ2) is 7.45. The predicted octanol–water partition coefficient (Wildman–Crippen LogP) is 4.57. The molecule has 4 heteroatoms. The lowest BCUT2D eigenvalue weighted by Crippen LogP contribution is -2.13. The molecule has 3 nitrogen and oxygen atoms in total. The molecule has 0 aliphatic heterocycles. The van der Waals surface area contributed by atoms with Gasteiger partial charge in [-0.3, -0.25) is 4.79 Å². The molecule has 1 atom stereocenters. The van der Waals surface area contributed by atoms with Gasteiger partial charge in [-0.1, -0.05) is 43.3 Å². The first-order valence-electron chi connectivity index (χ1n) is 8.24. The number of Topliss-reactive ketones (excluding diaryl/α,β-unsaturated/α-hetero) is 1. The van der Waals surface area contributed by atoms with E-state index in [1.807, 2.05) is 36.4 Å². The number of hydrogen-bond donors (Lipinski definition) is 1. The molecule has 2 aromatic carbocycles. The average Bonchev–Trinajstić information content (AvgIpc) is 3.12. The van der Waals surface area contributed by atoms with Crippen molar-refractivity contribution < 1.29 is 13.6 Å². The van der Waals surface area contributed by atoms with E-state index in [1.165, 1.54) is 24.0 Å². The summed E-state index contributed by atoms with van der Waals surface area (Å²) in [4.78, 5) is 11.8. The van der Waals surface area contributed by atoms with E-state index in [4.69, 9.17) is 10.2 Å². The molecule has 0 bridgehead atoms. The van der Waals surface area contributed by atoms with E-state index in [0.29, 0.717) is 5.76 Å². The van der Waals surface area contributed by atoms with Gasteiger partial charge in [-0.25, -0.2) is 4.39 Å². The zero-order valence-corrected chi connectivity index (χ0v) is 14.0. The Kier molecular flexibility index (Phi) is 5.10. The van der Waals surface area contributed by atoms with Crippen LogP contribution in [0.3, 0.4) is 0 Å². The first-order chi connectivity index (χ1) is 12.1. The van der Waals surface area contributed by atoms with Crippen LogP contribution in [0.25, 0.3) is 11.1 Å². The Balaban J connectivity index is 1.75. The highest BCUT2D eigenvalue weighted by Gasteiger charge is 2.15. The van der Waals surface area contributed by atoms with Gasteiger partial charge in [0, 0.05) is 5.56 Å². The highest BCUT2D eigenvalue weighted by Crippen LogP contribution is 2.27. The van der Waals surface area contributed by atoms with Gasteiger partial charge in [-0.2, -0.15) is 0 Å². The highest BCUT2D eigenvalue weighted by atomic mass is 19.1. The van der Waals surface area contributed by atoms with Gasteiger partial charge in [0.05, 0.1) is 12.8 Å². The van der Waals surface area contributed by atoms with E-state index in [9.17, 15) is 9.18 Å². The molecule has 0 saturated carbocycles. The van der Waals surface area contributed by atoms with Crippen molar-refractivity contribution in [1.82, 2.24) is 0 Å². The summed E-state index contributed by atoms with van der Waals surface area (Å²) in [6.45, 7) is 2.04. The van der Waals surface area contributed by atoms with Crippen LogP contribution in [0.4, 0.5) is 4.39 Å². The predicted molar refractivity (Wildman–Crippen MR) is 96.0 cm³/mol. The molecule has 0 amide bonds. The highest BCUT2D eigenvalue weighted by molar-refractivity contribution is 6.00. The molecular formula is C21H20FNO2. The first-order valence-corrected chi connectivity index (χ1v) is 8.24. The van der Waals surface area contributed by atoms with E-state index >= 15 is 0 Å². The lowest BCUT2D eigenvalue weighted by atomic mass is 9.93. The summed E-state index contributed by atoms with van der Waals surface area (Å²) in [7, 11) is 0. The summed E-state index contributed by atoms with van der Waals surface area (Å²) in [5, 5.41) is 0. The quantitative estimate of drug-likeness (QED) is 0.670. The van der Waals surface area contributed by atoms with E-state index in [0.717, 1.165) is 23.1 Å². The summed E-state index contributed by atoms with van der Waals surface area (Å²) in [6, 6.07) is 16.4. The summed E-state index contributed by atoms with van der Waals surface area (Å²) in [5.74, 6) is 0.155. The third-order valence-electron chi connectivity index (χ3n) is 4.35. The molecule has 3 rings (SSSR count). The maximum absolute atomic E-state index is 13.0. The summed E-state index contributed by atoms with van der Waals surface area (Å²) in [6.07, 6.45) is 2.36. The van der Waals surface area contributed by atoms with Crippen molar-refractivity contribution in [3.8, 4) is 11.1 Å². The Morgan fingerprint density at radius 3 is 2.40 bits per heavy atom. The van der Waals surface area contributed by atoms with Gasteiger partial charge in [-0.15, -0.1) is 0 Å². The molecule has 0 spiro atoms. The number of hydrogen-bond acceptors (Lipinski definition) is 3. The molecule has 0 saturated heterocycles. The van der Waals surface area contributed by atoms with Crippen molar-refractivity contribution in [2.75, 3.05) is 6.54 Å². The molecule has 128 valence electrons. The molecule has 1 aromatic heterocycles. The molecular weight excluding hydrogens is 317 g/mol. The summed E-state index contributed by atoms with van der Waals surface area (Å²) < 4.78 is 18.3. The van der Waals surface area contributed by atoms with Gasteiger partial charge in [0.25, 0.3) is 0 Å². The molecule has 0 fully saturated rings. The number of rotatable bonds is 6. The molecule has 1 heterocycles. The van der Waals surface area contributed by atoms with Crippen LogP contribution in [0.1, 0.15) is 34.5 Å². The number of furan rings is 1. The maximum Gasteiger partial charge on any atom is 0.212 e. The van der Waals surface area contributed by atoms with Crippen LogP contribution in [0.2, 0.25) is 0 Å². The SMILES string of the molecule is C[C@H](Cc1ccc(-c2ccoc2C(=O)CN)cc1)c1ccc(F)cc1. The lowest BCUT2D eigenvalue weighted by molar-refractivity contribution is 0.0976. The van der Waals surface area contributed by atoms with Gasteiger partial charge < -0.3 is 10.2 Å². The smallest absolute Gasteiger partial charge is 0.212 e. The van der Waals surface area contributed by atoms with Crippen LogP contribution >= 0.6 is 0 Å². The van der Waals surface area contributed by atoms with Crippen molar-refractivity contribution in [3.63, 3.8) is 0 Å². The summed E-state index contributed by atoms with van der Waals surface area (Å²) in [5.41, 5.74) is 9.38. The molecule has 25 heavy (non-hydrogen) atoms.